The highest BCUT2D eigenvalue weighted by molar-refractivity contribution is 7.89. The van der Waals surface area contributed by atoms with Crippen molar-refractivity contribution in [3.63, 3.8) is 0 Å². The van der Waals surface area contributed by atoms with Crippen molar-refractivity contribution in [3.8, 4) is 0 Å². The maximum Gasteiger partial charge on any atom is 0.335 e. The molecule has 0 heterocycles. The number of hydrogen-bond acceptors (Lipinski definition) is 4. The van der Waals surface area contributed by atoms with E-state index >= 15 is 0 Å². The van der Waals surface area contributed by atoms with Gasteiger partial charge in [0.05, 0.1) is 12.1 Å². The fourth-order valence-corrected chi connectivity index (χ4v) is 7.45. The summed E-state index contributed by atoms with van der Waals surface area (Å²) in [4.78, 5) is 24.8. The van der Waals surface area contributed by atoms with Crippen LogP contribution < -0.4 is 4.90 Å². The smallest absolute Gasteiger partial charge is 0.335 e. The number of benzene rings is 3. The van der Waals surface area contributed by atoms with Gasteiger partial charge >= 0.3 is 5.97 Å². The maximum absolute atomic E-state index is 14.7. The molecule has 3 aromatic carbocycles. The molecule has 0 aliphatic heterocycles. The number of rotatable bonds is 10. The Labute approximate surface area is 264 Å². The molecule has 1 fully saturated rings. The van der Waals surface area contributed by atoms with Crippen LogP contribution in [0.25, 0.3) is 0 Å². The fraction of sp³-hybridized carbons (Fsp3) is 0.394. The lowest BCUT2D eigenvalue weighted by atomic mass is 9.91. The third kappa shape index (κ3) is 7.10. The molecule has 1 aliphatic carbocycles. The molecule has 7 nitrogen and oxygen atoms in total. The van der Waals surface area contributed by atoms with Crippen molar-refractivity contribution in [2.24, 2.45) is 5.92 Å². The third-order valence-corrected chi connectivity index (χ3v) is 10.3. The second kappa shape index (κ2) is 14.3. The molecule has 1 saturated carbocycles. The summed E-state index contributed by atoms with van der Waals surface area (Å²) >= 11 is 0. The van der Waals surface area contributed by atoms with Crippen molar-refractivity contribution >= 4 is 27.6 Å². The van der Waals surface area contributed by atoms with Crippen molar-refractivity contribution in [1.29, 1.82) is 0 Å². The van der Waals surface area contributed by atoms with Crippen LogP contribution in [0.2, 0.25) is 0 Å². The quantitative estimate of drug-likeness (QED) is 0.105. The highest BCUT2D eigenvalue weighted by Gasteiger charge is 2.42. The summed E-state index contributed by atoms with van der Waals surface area (Å²) in [5.41, 5.74) is 1.93. The fourth-order valence-electron chi connectivity index (χ4n) is 5.90. The van der Waals surface area contributed by atoms with Gasteiger partial charge in [0.2, 0.25) is 21.7 Å². The molecular formula is C33H35F5N2O5S. The number of halogens is 5. The Bertz CT molecular complexity index is 1660. The van der Waals surface area contributed by atoms with Crippen molar-refractivity contribution in [2.45, 2.75) is 75.8 Å². The minimum atomic E-state index is -5.47. The van der Waals surface area contributed by atoms with E-state index < -0.39 is 67.8 Å². The van der Waals surface area contributed by atoms with Crippen molar-refractivity contribution in [2.75, 3.05) is 11.9 Å². The lowest BCUT2D eigenvalue weighted by molar-refractivity contribution is -0.123. The molecule has 0 aromatic heterocycles. The molecule has 13 heteroatoms. The molecule has 3 aromatic rings. The van der Waals surface area contributed by atoms with Gasteiger partial charge in [0, 0.05) is 12.7 Å². The monoisotopic (exact) mass is 666 g/mol. The molecule has 1 aliphatic rings. The normalized spacial score (nSPS) is 15.2. The van der Waals surface area contributed by atoms with Gasteiger partial charge in [-0.3, -0.25) is 4.79 Å². The number of nitrogens with zero attached hydrogens (tertiary/aromatic N) is 2. The first kappa shape index (κ1) is 35.0. The van der Waals surface area contributed by atoms with Crippen LogP contribution in [-0.4, -0.2) is 42.8 Å². The molecule has 1 N–H and O–H groups in total. The van der Waals surface area contributed by atoms with Gasteiger partial charge in [-0.25, -0.2) is 35.2 Å². The van der Waals surface area contributed by atoms with Crippen LogP contribution in [0.1, 0.15) is 79.8 Å². The first-order valence-electron chi connectivity index (χ1n) is 14.9. The zero-order valence-electron chi connectivity index (χ0n) is 25.6. The van der Waals surface area contributed by atoms with Crippen molar-refractivity contribution in [1.82, 2.24) is 4.31 Å². The van der Waals surface area contributed by atoms with E-state index in [9.17, 15) is 45.1 Å². The second-order valence-corrected chi connectivity index (χ2v) is 13.7. The molecule has 1 unspecified atom stereocenters. The van der Waals surface area contributed by atoms with E-state index in [1.165, 1.54) is 55.9 Å². The number of likely N-dealkylation sites (N-methyl/N-ethyl adjacent to an activating group) is 1. The Kier molecular flexibility index (Phi) is 10.9. The summed E-state index contributed by atoms with van der Waals surface area (Å²) < 4.78 is 98.2. The second-order valence-electron chi connectivity index (χ2n) is 11.8. The standard InChI is InChI=1S/C33H35F5N2O5S/c1-19(2)30(39(3)46(44,45)31-28(37)26(35)25(34)27(36)29(31)38)32(41)40(24-16-14-23(15-17-24)33(42)43)18-20-10-12-22(13-11-20)21-8-6-4-5-7-9-21/h10-17,19,21,30H,4-9,18H2,1-3H3,(H,42,43). The summed E-state index contributed by atoms with van der Waals surface area (Å²) in [6, 6.07) is 11.2. The molecule has 1 atom stereocenters. The van der Waals surface area contributed by atoms with Gasteiger partial charge in [0.25, 0.3) is 0 Å². The summed E-state index contributed by atoms with van der Waals surface area (Å²) in [5.74, 6) is -15.0. The molecule has 0 spiro atoms. The van der Waals surface area contributed by atoms with Gasteiger partial charge in [-0.15, -0.1) is 0 Å². The molecule has 4 rings (SSSR count). The number of hydrogen-bond donors (Lipinski definition) is 1. The van der Waals surface area contributed by atoms with E-state index in [-0.39, 0.29) is 17.8 Å². The SMILES string of the molecule is CC(C)C(C(=O)N(Cc1ccc(C2CCCCCC2)cc1)c1ccc(C(=O)O)cc1)N(C)S(=O)(=O)c1c(F)c(F)c(F)c(F)c1F. The predicted molar refractivity (Wildman–Crippen MR) is 161 cm³/mol. The van der Waals surface area contributed by atoms with E-state index in [0.717, 1.165) is 38.3 Å². The highest BCUT2D eigenvalue weighted by atomic mass is 32.2. The molecule has 0 saturated heterocycles. The summed E-state index contributed by atoms with van der Waals surface area (Å²) in [6.07, 6.45) is 6.80. The third-order valence-electron chi connectivity index (χ3n) is 8.42. The molecule has 0 radical (unpaired) electrons. The summed E-state index contributed by atoms with van der Waals surface area (Å²) in [7, 11) is -4.64. The number of carboxylic acids is 1. The number of amides is 1. The summed E-state index contributed by atoms with van der Waals surface area (Å²) in [6.45, 7) is 2.82. The van der Waals surface area contributed by atoms with Crippen LogP contribution in [0.5, 0.6) is 0 Å². The lowest BCUT2D eigenvalue weighted by Crippen LogP contribution is -2.52. The molecule has 248 valence electrons. The van der Waals surface area contributed by atoms with E-state index in [0.29, 0.717) is 15.8 Å². The van der Waals surface area contributed by atoms with Crippen LogP contribution in [0.3, 0.4) is 0 Å². The molecule has 46 heavy (non-hydrogen) atoms. The number of carbonyl (C=O) groups excluding carboxylic acids is 1. The van der Waals surface area contributed by atoms with Crippen molar-refractivity contribution in [3.05, 3.63) is 94.3 Å². The summed E-state index contributed by atoms with van der Waals surface area (Å²) in [5, 5.41) is 9.35. The van der Waals surface area contributed by atoms with E-state index in [1.54, 1.807) is 0 Å². The highest BCUT2D eigenvalue weighted by Crippen LogP contribution is 2.34. The average molecular weight is 667 g/mol. The number of anilines is 1. The van der Waals surface area contributed by atoms with Gasteiger partial charge in [0.15, 0.2) is 28.2 Å². The average Bonchev–Trinajstić information content (AvgIpc) is 3.31. The zero-order chi connectivity index (χ0) is 33.9. The number of sulfonamides is 1. The minimum Gasteiger partial charge on any atom is -0.478 e. The predicted octanol–water partition coefficient (Wildman–Crippen LogP) is 7.40. The van der Waals surface area contributed by atoms with Gasteiger partial charge in [0.1, 0.15) is 6.04 Å². The topological polar surface area (TPSA) is 95.0 Å². The number of carboxylic acid groups (broad SMARTS) is 1. The van der Waals surface area contributed by atoms with E-state index in [1.807, 2.05) is 24.3 Å². The molecule has 1 amide bonds. The van der Waals surface area contributed by atoms with Crippen LogP contribution >= 0.6 is 0 Å². The largest absolute Gasteiger partial charge is 0.478 e. The number of carbonyl (C=O) groups is 2. The zero-order valence-corrected chi connectivity index (χ0v) is 26.4. The Balaban J connectivity index is 1.74. The van der Waals surface area contributed by atoms with Crippen molar-refractivity contribution < 1.29 is 45.1 Å². The Morgan fingerprint density at radius 3 is 1.78 bits per heavy atom. The molecule has 0 bridgehead atoms. The van der Waals surface area contributed by atoms with Crippen LogP contribution in [0.4, 0.5) is 27.6 Å². The van der Waals surface area contributed by atoms with Crippen LogP contribution in [0, 0.1) is 35.0 Å². The van der Waals surface area contributed by atoms with Crippen LogP contribution in [0.15, 0.2) is 53.4 Å². The van der Waals surface area contributed by atoms with Gasteiger partial charge in [-0.1, -0.05) is 63.8 Å². The molecular weight excluding hydrogens is 631 g/mol. The van der Waals surface area contributed by atoms with E-state index in [2.05, 4.69) is 0 Å². The maximum atomic E-state index is 14.7. The first-order valence-corrected chi connectivity index (χ1v) is 16.3. The Morgan fingerprint density at radius 2 is 1.30 bits per heavy atom. The lowest BCUT2D eigenvalue weighted by Gasteiger charge is -2.34. The van der Waals surface area contributed by atoms with Gasteiger partial charge < -0.3 is 10.0 Å². The van der Waals surface area contributed by atoms with Crippen LogP contribution in [-0.2, 0) is 21.4 Å². The Morgan fingerprint density at radius 1 is 0.804 bits per heavy atom. The van der Waals surface area contributed by atoms with Gasteiger partial charge in [-0.05, 0) is 60.1 Å². The minimum absolute atomic E-state index is 0.0738. The number of aromatic carboxylic acids is 1. The van der Waals surface area contributed by atoms with Gasteiger partial charge in [-0.2, -0.15) is 4.31 Å². The van der Waals surface area contributed by atoms with E-state index in [4.69, 9.17) is 0 Å². The first-order chi connectivity index (χ1) is 21.7. The Hall–Kier alpha value is -3.84.